The van der Waals surface area contributed by atoms with E-state index in [4.69, 9.17) is 0 Å². The third-order valence-corrected chi connectivity index (χ3v) is 3.78. The largest absolute Gasteiger partial charge is 0.368 e. The number of amides is 1. The number of carbonyl (C=O) groups excluding carboxylic acids is 1. The molecule has 1 aromatic carbocycles. The Bertz CT molecular complexity index is 914. The Labute approximate surface area is 150 Å². The average Bonchev–Trinajstić information content (AvgIpc) is 2.98. The van der Waals surface area contributed by atoms with Gasteiger partial charge in [0, 0.05) is 22.6 Å². The molecule has 0 spiro atoms. The van der Waals surface area contributed by atoms with Crippen LogP contribution in [0.25, 0.3) is 0 Å². The summed E-state index contributed by atoms with van der Waals surface area (Å²) < 4.78 is 12.9. The monoisotopic (exact) mass is 354 g/mol. The number of hydrogen-bond donors (Lipinski definition) is 3. The summed E-state index contributed by atoms with van der Waals surface area (Å²) in [6.45, 7) is 5.43. The molecule has 0 radical (unpaired) electrons. The molecule has 1 aliphatic heterocycles. The molecule has 0 bridgehead atoms. The molecule has 2 heterocycles. The molecule has 1 aromatic heterocycles. The van der Waals surface area contributed by atoms with Gasteiger partial charge >= 0.3 is 0 Å². The van der Waals surface area contributed by atoms with E-state index in [1.54, 1.807) is 18.2 Å². The summed E-state index contributed by atoms with van der Waals surface area (Å²) in [4.78, 5) is 20.6. The number of aliphatic hydroxyl groups excluding tert-OH is 1. The maximum atomic E-state index is 12.9. The van der Waals surface area contributed by atoms with Crippen molar-refractivity contribution in [1.29, 1.82) is 0 Å². The van der Waals surface area contributed by atoms with Gasteiger partial charge in [0.15, 0.2) is 6.23 Å². The molecule has 0 fully saturated rings. The highest BCUT2D eigenvalue weighted by atomic mass is 19.1. The number of halogens is 1. The summed E-state index contributed by atoms with van der Waals surface area (Å²) in [6.07, 6.45) is 0.363. The van der Waals surface area contributed by atoms with E-state index in [0.29, 0.717) is 22.8 Å². The molecule has 7 heteroatoms. The summed E-state index contributed by atoms with van der Waals surface area (Å²) in [5.41, 5.74) is 0.579. The minimum atomic E-state index is -1.04. The van der Waals surface area contributed by atoms with Crippen LogP contribution in [0.3, 0.4) is 0 Å². The minimum absolute atomic E-state index is 0.150. The molecule has 3 N–H and O–H groups in total. The van der Waals surface area contributed by atoms with E-state index in [1.807, 2.05) is 20.8 Å². The second-order valence-corrected chi connectivity index (χ2v) is 6.96. The number of aliphatic hydroxyl groups is 1. The second kappa shape index (κ2) is 6.65. The smallest absolute Gasteiger partial charge is 0.230 e. The van der Waals surface area contributed by atoms with Crippen molar-refractivity contribution < 1.29 is 14.3 Å². The van der Waals surface area contributed by atoms with Crippen LogP contribution in [-0.4, -0.2) is 27.2 Å². The topological polar surface area (TPSA) is 80.7 Å². The molecule has 0 aliphatic carbocycles. The number of aromatic nitrogens is 1. The number of nitrogens with one attached hydrogen (secondary N) is 2. The van der Waals surface area contributed by atoms with Crippen LogP contribution in [0.5, 0.6) is 0 Å². The molecule has 3 rings (SSSR count). The van der Waals surface area contributed by atoms with Crippen LogP contribution in [0.4, 0.5) is 16.0 Å². The molecule has 0 saturated heterocycles. The zero-order chi connectivity index (χ0) is 18.9. The lowest BCUT2D eigenvalue weighted by atomic mass is 9.96. The van der Waals surface area contributed by atoms with Crippen molar-refractivity contribution >= 4 is 23.9 Å². The molecule has 1 atom stereocenters. The van der Waals surface area contributed by atoms with Crippen LogP contribution < -0.4 is 5.32 Å². The number of aromatic amines is 1. The first kappa shape index (κ1) is 17.7. The average molecular weight is 354 g/mol. The maximum absolute atomic E-state index is 12.9. The Balaban J connectivity index is 1.77. The molecular weight excluding hydrogens is 335 g/mol. The summed E-state index contributed by atoms with van der Waals surface area (Å²) in [5, 5.41) is 13.3. The Kier molecular flexibility index (Phi) is 4.53. The molecule has 2 aromatic rings. The summed E-state index contributed by atoms with van der Waals surface area (Å²) in [7, 11) is 0. The predicted molar refractivity (Wildman–Crippen MR) is 97.1 cm³/mol. The van der Waals surface area contributed by atoms with Gasteiger partial charge in [0.05, 0.1) is 0 Å². The summed E-state index contributed by atoms with van der Waals surface area (Å²) in [6, 6.07) is 10.2. The number of nitrogens with zero attached hydrogens (tertiary/aromatic N) is 2. The lowest BCUT2D eigenvalue weighted by molar-refractivity contribution is -0.123. The van der Waals surface area contributed by atoms with Gasteiger partial charge in [-0.15, -0.1) is 0 Å². The molecule has 1 unspecified atom stereocenters. The third-order valence-electron chi connectivity index (χ3n) is 3.78. The van der Waals surface area contributed by atoms with Gasteiger partial charge in [-0.1, -0.05) is 20.8 Å². The van der Waals surface area contributed by atoms with Gasteiger partial charge in [0.2, 0.25) is 5.91 Å². The number of benzene rings is 1. The van der Waals surface area contributed by atoms with Gasteiger partial charge in [-0.2, -0.15) is 0 Å². The van der Waals surface area contributed by atoms with Gasteiger partial charge in [-0.05, 0) is 36.3 Å². The highest BCUT2D eigenvalue weighted by Crippen LogP contribution is 2.33. The Morgan fingerprint density at radius 3 is 2.69 bits per heavy atom. The highest BCUT2D eigenvalue weighted by Gasteiger charge is 2.26. The second-order valence-electron chi connectivity index (χ2n) is 6.96. The molecule has 1 aliphatic rings. The third kappa shape index (κ3) is 3.76. The number of aliphatic imine (C=N–C) groups is 1. The van der Waals surface area contributed by atoms with Crippen LogP contribution >= 0.6 is 0 Å². The van der Waals surface area contributed by atoms with Crippen molar-refractivity contribution in [2.24, 2.45) is 10.4 Å². The van der Waals surface area contributed by atoms with Crippen molar-refractivity contribution in [2.75, 3.05) is 5.32 Å². The van der Waals surface area contributed by atoms with Gasteiger partial charge in [-0.3, -0.25) is 9.69 Å². The quantitative estimate of drug-likeness (QED) is 0.689. The number of H-pyrrole nitrogens is 1. The van der Waals surface area contributed by atoms with E-state index in [-0.39, 0.29) is 11.7 Å². The van der Waals surface area contributed by atoms with Crippen molar-refractivity contribution in [2.45, 2.75) is 27.0 Å². The van der Waals surface area contributed by atoms with Crippen molar-refractivity contribution in [3.63, 3.8) is 0 Å². The zero-order valence-corrected chi connectivity index (χ0v) is 14.7. The zero-order valence-electron chi connectivity index (χ0n) is 14.7. The van der Waals surface area contributed by atoms with E-state index < -0.39 is 11.6 Å². The van der Waals surface area contributed by atoms with E-state index in [9.17, 15) is 14.3 Å². The van der Waals surface area contributed by atoms with Crippen LogP contribution in [0, 0.1) is 23.2 Å². The lowest BCUT2D eigenvalue weighted by Crippen LogP contribution is -2.27. The van der Waals surface area contributed by atoms with Crippen LogP contribution in [0.2, 0.25) is 0 Å². The summed E-state index contributed by atoms with van der Waals surface area (Å²) in [5.74, 6) is 3.27. The van der Waals surface area contributed by atoms with E-state index in [0.717, 1.165) is 0 Å². The first-order valence-corrected chi connectivity index (χ1v) is 8.06. The standard InChI is InChI=1S/C19H19FN4O2/c1-19(2,3)18(26)23-15-10-14-16(22-15)21-11-24(17(14)25)9-8-12-4-6-13(20)7-5-12/h4-7,10-11,17,22,25H,1-3H3,(H,23,26). The first-order valence-electron chi connectivity index (χ1n) is 8.06. The van der Waals surface area contributed by atoms with Crippen molar-refractivity contribution in [3.05, 3.63) is 47.3 Å². The normalized spacial score (nSPS) is 15.9. The molecule has 134 valence electrons. The number of anilines is 1. The van der Waals surface area contributed by atoms with E-state index in [1.165, 1.54) is 23.4 Å². The van der Waals surface area contributed by atoms with E-state index in [2.05, 4.69) is 27.3 Å². The molecule has 6 nitrogen and oxygen atoms in total. The Morgan fingerprint density at radius 2 is 2.04 bits per heavy atom. The van der Waals surface area contributed by atoms with Crippen molar-refractivity contribution in [3.8, 4) is 12.0 Å². The van der Waals surface area contributed by atoms with Crippen LogP contribution in [0.1, 0.15) is 38.1 Å². The van der Waals surface area contributed by atoms with Gasteiger partial charge < -0.3 is 15.4 Å². The number of fused-ring (bicyclic) bond motifs is 1. The molecule has 0 saturated carbocycles. The number of rotatable bonds is 1. The maximum Gasteiger partial charge on any atom is 0.230 e. The lowest BCUT2D eigenvalue weighted by Gasteiger charge is -2.22. The van der Waals surface area contributed by atoms with Crippen molar-refractivity contribution in [1.82, 2.24) is 9.88 Å². The minimum Gasteiger partial charge on any atom is -0.368 e. The molecule has 26 heavy (non-hydrogen) atoms. The first-order chi connectivity index (χ1) is 12.2. The Morgan fingerprint density at radius 1 is 1.35 bits per heavy atom. The fourth-order valence-electron chi connectivity index (χ4n) is 2.23. The van der Waals surface area contributed by atoms with Gasteiger partial charge in [0.25, 0.3) is 0 Å². The summed E-state index contributed by atoms with van der Waals surface area (Å²) >= 11 is 0. The fraction of sp³-hybridized carbons (Fsp3) is 0.263. The van der Waals surface area contributed by atoms with Gasteiger partial charge in [-0.25, -0.2) is 9.38 Å². The predicted octanol–water partition coefficient (Wildman–Crippen LogP) is 3.11. The molecule has 1 amide bonds. The number of carbonyl (C=O) groups is 1. The van der Waals surface area contributed by atoms with E-state index >= 15 is 0 Å². The van der Waals surface area contributed by atoms with Crippen LogP contribution in [-0.2, 0) is 4.79 Å². The highest BCUT2D eigenvalue weighted by molar-refractivity contribution is 5.94. The fourth-order valence-corrected chi connectivity index (χ4v) is 2.23. The SMILES string of the molecule is CC(C)(C)C(=O)Nc1cc2c([nH]1)N=CN(C#Cc1ccc(F)cc1)C2O. The van der Waals surface area contributed by atoms with Crippen LogP contribution in [0.15, 0.2) is 35.3 Å². The number of hydrogen-bond acceptors (Lipinski definition) is 4. The molecular formula is C19H19FN4O2. The van der Waals surface area contributed by atoms with Gasteiger partial charge in [0.1, 0.15) is 23.8 Å². The Hall–Kier alpha value is -3.11.